The van der Waals surface area contributed by atoms with Gasteiger partial charge >= 0.3 is 6.16 Å². The average Bonchev–Trinajstić information content (AvgIpc) is 2.65. The molecule has 0 amide bonds. The number of anilines is 1. The number of aliphatic hydroxyl groups is 1. The summed E-state index contributed by atoms with van der Waals surface area (Å²) in [6.45, 7) is 2.52. The third-order valence-electron chi connectivity index (χ3n) is 5.12. The zero-order valence-corrected chi connectivity index (χ0v) is 15.2. The molecule has 150 valence electrons. The average molecular weight is 393 g/mol. The second-order valence-corrected chi connectivity index (χ2v) is 6.99. The molecule has 28 heavy (non-hydrogen) atoms. The molecule has 10 heteroatoms. The van der Waals surface area contributed by atoms with E-state index in [0.29, 0.717) is 18.6 Å². The van der Waals surface area contributed by atoms with Crippen molar-refractivity contribution in [1.29, 1.82) is 0 Å². The monoisotopic (exact) mass is 393 g/mol. The molecule has 1 fully saturated rings. The molecule has 0 spiro atoms. The highest BCUT2D eigenvalue weighted by Crippen LogP contribution is 2.41. The molecule has 9 nitrogen and oxygen atoms in total. The predicted octanol–water partition coefficient (Wildman–Crippen LogP) is 0.702. The molecule has 2 N–H and O–H groups in total. The standard InChI is InChI=1S/C18H20FN3O6/c1-20-2-4-21(5-3-20)15-12(19)6-11-14-17(15)27-10(9-23)7-22(14)8-13(16(11)24)28-18(25)26/h6,8,10,23H,2-5,7,9H2,1H3,(H,25,26). The van der Waals surface area contributed by atoms with Crippen molar-refractivity contribution in [2.24, 2.45) is 0 Å². The first-order valence-electron chi connectivity index (χ1n) is 8.90. The lowest BCUT2D eigenvalue weighted by atomic mass is 10.1. The van der Waals surface area contributed by atoms with Crippen LogP contribution in [0.25, 0.3) is 10.9 Å². The van der Waals surface area contributed by atoms with Crippen molar-refractivity contribution in [2.45, 2.75) is 12.6 Å². The van der Waals surface area contributed by atoms with Gasteiger partial charge in [-0.05, 0) is 13.1 Å². The summed E-state index contributed by atoms with van der Waals surface area (Å²) in [6, 6.07) is 1.10. The number of aliphatic hydroxyl groups excluding tert-OH is 1. The highest BCUT2D eigenvalue weighted by atomic mass is 19.1. The Morgan fingerprint density at radius 2 is 2.07 bits per heavy atom. The van der Waals surface area contributed by atoms with Gasteiger partial charge in [0.1, 0.15) is 11.8 Å². The molecule has 0 bridgehead atoms. The zero-order valence-electron chi connectivity index (χ0n) is 15.2. The van der Waals surface area contributed by atoms with Gasteiger partial charge in [0.15, 0.2) is 17.3 Å². The van der Waals surface area contributed by atoms with Crippen molar-refractivity contribution in [3.63, 3.8) is 0 Å². The van der Waals surface area contributed by atoms with Crippen LogP contribution in [0.5, 0.6) is 11.5 Å². The molecule has 1 unspecified atom stereocenters. The fourth-order valence-corrected chi connectivity index (χ4v) is 3.73. The number of halogens is 1. The molecule has 0 radical (unpaired) electrons. The zero-order chi connectivity index (χ0) is 20.0. The quantitative estimate of drug-likeness (QED) is 0.735. The van der Waals surface area contributed by atoms with Gasteiger partial charge < -0.3 is 34.1 Å². The summed E-state index contributed by atoms with van der Waals surface area (Å²) in [4.78, 5) is 27.5. The van der Waals surface area contributed by atoms with Crippen molar-refractivity contribution in [1.82, 2.24) is 9.47 Å². The number of hydrogen-bond donors (Lipinski definition) is 2. The molecule has 1 saturated heterocycles. The lowest BCUT2D eigenvalue weighted by Crippen LogP contribution is -2.45. The van der Waals surface area contributed by atoms with Crippen LogP contribution in [0.3, 0.4) is 0 Å². The summed E-state index contributed by atoms with van der Waals surface area (Å²) in [5.41, 5.74) is -0.119. The van der Waals surface area contributed by atoms with Crippen molar-refractivity contribution in [2.75, 3.05) is 44.7 Å². The normalized spacial score (nSPS) is 19.5. The van der Waals surface area contributed by atoms with E-state index in [4.69, 9.17) is 9.84 Å². The maximum atomic E-state index is 15.1. The Morgan fingerprint density at radius 3 is 2.71 bits per heavy atom. The Kier molecular flexibility index (Phi) is 4.60. The number of ether oxygens (including phenoxy) is 2. The van der Waals surface area contributed by atoms with E-state index in [2.05, 4.69) is 9.64 Å². The minimum atomic E-state index is -1.63. The minimum Gasteiger partial charge on any atom is -0.482 e. The summed E-state index contributed by atoms with van der Waals surface area (Å²) >= 11 is 0. The third kappa shape index (κ3) is 3.04. The highest BCUT2D eigenvalue weighted by Gasteiger charge is 2.31. The maximum absolute atomic E-state index is 15.1. The Balaban J connectivity index is 1.94. The van der Waals surface area contributed by atoms with Crippen molar-refractivity contribution >= 4 is 22.7 Å². The Morgan fingerprint density at radius 1 is 1.36 bits per heavy atom. The summed E-state index contributed by atoms with van der Waals surface area (Å²) in [5.74, 6) is -0.873. The van der Waals surface area contributed by atoms with Crippen molar-refractivity contribution in [3.8, 4) is 11.5 Å². The molecule has 3 heterocycles. The van der Waals surface area contributed by atoms with Crippen LogP contribution in [0.15, 0.2) is 17.1 Å². The Labute approximate surface area is 159 Å². The molecule has 1 aromatic heterocycles. The number of nitrogens with zero attached hydrogens (tertiary/aromatic N) is 3. The lowest BCUT2D eigenvalue weighted by molar-refractivity contribution is 0.0947. The number of likely N-dealkylation sites (N-methyl/N-ethyl adjacent to an activating group) is 1. The van der Waals surface area contributed by atoms with E-state index in [-0.39, 0.29) is 30.0 Å². The third-order valence-corrected chi connectivity index (χ3v) is 5.12. The molecule has 0 saturated carbocycles. The molecule has 2 aromatic rings. The van der Waals surface area contributed by atoms with Gasteiger partial charge in [-0.25, -0.2) is 9.18 Å². The van der Waals surface area contributed by atoms with Crippen LogP contribution >= 0.6 is 0 Å². The van der Waals surface area contributed by atoms with Crippen LogP contribution in [0.1, 0.15) is 0 Å². The number of piperazine rings is 1. The van der Waals surface area contributed by atoms with E-state index >= 15 is 4.39 Å². The first kappa shape index (κ1) is 18.5. The van der Waals surface area contributed by atoms with Crippen molar-refractivity contribution in [3.05, 3.63) is 28.3 Å². The molecule has 1 aromatic carbocycles. The topological polar surface area (TPSA) is 104 Å². The number of benzene rings is 1. The molecule has 4 rings (SSSR count). The van der Waals surface area contributed by atoms with Gasteiger partial charge in [-0.1, -0.05) is 0 Å². The van der Waals surface area contributed by atoms with Crippen LogP contribution < -0.4 is 19.8 Å². The SMILES string of the molecule is CN1CCN(c2c(F)cc3c(=O)c(OC(=O)O)cn4c3c2OC(CO)C4)CC1. The molecular weight excluding hydrogens is 373 g/mol. The van der Waals surface area contributed by atoms with Gasteiger partial charge in [-0.3, -0.25) is 4.79 Å². The number of rotatable bonds is 3. The van der Waals surface area contributed by atoms with E-state index in [9.17, 15) is 14.7 Å². The number of aromatic nitrogens is 1. The summed E-state index contributed by atoms with van der Waals surface area (Å²) in [7, 11) is 1.98. The molecular formula is C18H20FN3O6. The molecule has 1 atom stereocenters. The first-order chi connectivity index (χ1) is 13.4. The van der Waals surface area contributed by atoms with Gasteiger partial charge in [0.05, 0.1) is 30.3 Å². The smallest absolute Gasteiger partial charge is 0.482 e. The van der Waals surface area contributed by atoms with Crippen LogP contribution in [-0.2, 0) is 6.54 Å². The second kappa shape index (κ2) is 6.95. The van der Waals surface area contributed by atoms with Crippen LogP contribution in [-0.4, -0.2) is 71.8 Å². The summed E-state index contributed by atoms with van der Waals surface area (Å²) < 4.78 is 27.1. The number of pyridine rings is 1. The highest BCUT2D eigenvalue weighted by molar-refractivity contribution is 5.92. The molecule has 0 aliphatic carbocycles. The van der Waals surface area contributed by atoms with E-state index in [1.165, 1.54) is 6.20 Å². The van der Waals surface area contributed by atoms with E-state index < -0.39 is 29.3 Å². The fourth-order valence-electron chi connectivity index (χ4n) is 3.73. The van der Waals surface area contributed by atoms with Gasteiger partial charge in [-0.2, -0.15) is 0 Å². The summed E-state index contributed by atoms with van der Waals surface area (Å²) in [5, 5.41) is 18.4. The fraction of sp³-hybridized carbons (Fsp3) is 0.444. The Bertz CT molecular complexity index is 999. The van der Waals surface area contributed by atoms with Gasteiger partial charge in [0.2, 0.25) is 5.43 Å². The van der Waals surface area contributed by atoms with Gasteiger partial charge in [0.25, 0.3) is 0 Å². The van der Waals surface area contributed by atoms with E-state index in [1.807, 2.05) is 11.9 Å². The maximum Gasteiger partial charge on any atom is 0.511 e. The van der Waals surface area contributed by atoms with Crippen LogP contribution in [0, 0.1) is 5.82 Å². The second-order valence-electron chi connectivity index (χ2n) is 6.99. The number of carboxylic acid groups (broad SMARTS) is 1. The first-order valence-corrected chi connectivity index (χ1v) is 8.90. The van der Waals surface area contributed by atoms with Gasteiger partial charge in [0, 0.05) is 26.2 Å². The van der Waals surface area contributed by atoms with E-state index in [0.717, 1.165) is 19.2 Å². The Hall–Kier alpha value is -2.85. The van der Waals surface area contributed by atoms with Crippen LogP contribution in [0.4, 0.5) is 14.9 Å². The lowest BCUT2D eigenvalue weighted by Gasteiger charge is -2.37. The minimum absolute atomic E-state index is 0.0273. The predicted molar refractivity (Wildman–Crippen MR) is 98.0 cm³/mol. The summed E-state index contributed by atoms with van der Waals surface area (Å²) in [6.07, 6.45) is -1.03. The molecule has 2 aliphatic rings. The van der Waals surface area contributed by atoms with E-state index in [1.54, 1.807) is 4.57 Å². The number of hydrogen-bond acceptors (Lipinski definition) is 7. The number of carbonyl (C=O) groups is 1. The van der Waals surface area contributed by atoms with Crippen LogP contribution in [0.2, 0.25) is 0 Å². The largest absolute Gasteiger partial charge is 0.511 e. The van der Waals surface area contributed by atoms with Crippen molar-refractivity contribution < 1.29 is 28.9 Å². The molecule has 2 aliphatic heterocycles. The van der Waals surface area contributed by atoms with Gasteiger partial charge in [-0.15, -0.1) is 0 Å².